The predicted octanol–water partition coefficient (Wildman–Crippen LogP) is 4.65. The minimum absolute atomic E-state index is 0.109. The monoisotopic (exact) mass is 411 g/mol. The first-order valence-corrected chi connectivity index (χ1v) is 7.88. The van der Waals surface area contributed by atoms with Crippen LogP contribution in [0.2, 0.25) is 0 Å². The molecule has 21 heavy (non-hydrogen) atoms. The van der Waals surface area contributed by atoms with Gasteiger partial charge in [-0.1, -0.05) is 31.9 Å². The minimum atomic E-state index is -0.109. The van der Waals surface area contributed by atoms with Crippen LogP contribution in [0.1, 0.15) is 27.0 Å². The van der Waals surface area contributed by atoms with Crippen LogP contribution in [0.15, 0.2) is 33.2 Å². The standard InChI is InChI=1S/C16H15Br2NO2/c1-8-4-13(18)9(2)14(16(8)21-3)15(20)10-5-11(17)7-12(19)6-10/h4-7H,19H2,1-3H3. The molecular formula is C16H15Br2NO2. The van der Waals surface area contributed by atoms with Gasteiger partial charge in [0.2, 0.25) is 0 Å². The van der Waals surface area contributed by atoms with Crippen molar-refractivity contribution >= 4 is 43.3 Å². The van der Waals surface area contributed by atoms with E-state index in [1.165, 1.54) is 0 Å². The SMILES string of the molecule is COc1c(C)cc(Br)c(C)c1C(=O)c1cc(N)cc(Br)c1. The maximum absolute atomic E-state index is 12.9. The smallest absolute Gasteiger partial charge is 0.197 e. The van der Waals surface area contributed by atoms with E-state index in [-0.39, 0.29) is 5.78 Å². The maximum Gasteiger partial charge on any atom is 0.197 e. The quantitative estimate of drug-likeness (QED) is 0.589. The number of rotatable bonds is 3. The number of carbonyl (C=O) groups is 1. The second kappa shape index (κ2) is 6.20. The summed E-state index contributed by atoms with van der Waals surface area (Å²) in [4.78, 5) is 12.9. The van der Waals surface area contributed by atoms with E-state index in [1.807, 2.05) is 19.9 Å². The fraction of sp³-hybridized carbons (Fsp3) is 0.188. The lowest BCUT2D eigenvalue weighted by Crippen LogP contribution is -2.09. The Morgan fingerprint density at radius 3 is 2.38 bits per heavy atom. The van der Waals surface area contributed by atoms with Crippen molar-refractivity contribution in [2.75, 3.05) is 12.8 Å². The van der Waals surface area contributed by atoms with Crippen LogP contribution >= 0.6 is 31.9 Å². The first kappa shape index (κ1) is 16.0. The fourth-order valence-corrected chi connectivity index (χ4v) is 3.33. The van der Waals surface area contributed by atoms with Crippen molar-refractivity contribution < 1.29 is 9.53 Å². The largest absolute Gasteiger partial charge is 0.496 e. The van der Waals surface area contributed by atoms with Crippen molar-refractivity contribution in [3.63, 3.8) is 0 Å². The second-order valence-corrected chi connectivity index (χ2v) is 6.58. The van der Waals surface area contributed by atoms with Crippen molar-refractivity contribution in [3.05, 3.63) is 55.5 Å². The Labute approximate surface area is 140 Å². The molecule has 0 bridgehead atoms. The molecule has 2 aromatic carbocycles. The number of halogens is 2. The summed E-state index contributed by atoms with van der Waals surface area (Å²) in [6.45, 7) is 3.80. The molecule has 0 heterocycles. The van der Waals surface area contributed by atoms with Gasteiger partial charge in [-0.25, -0.2) is 0 Å². The molecule has 0 unspecified atom stereocenters. The number of ketones is 1. The number of nitrogens with two attached hydrogens (primary N) is 1. The summed E-state index contributed by atoms with van der Waals surface area (Å²) in [7, 11) is 1.57. The molecule has 0 aromatic heterocycles. The number of hydrogen-bond acceptors (Lipinski definition) is 3. The van der Waals surface area contributed by atoms with Gasteiger partial charge in [-0.05, 0) is 49.2 Å². The van der Waals surface area contributed by atoms with Crippen molar-refractivity contribution in [2.45, 2.75) is 13.8 Å². The van der Waals surface area contributed by atoms with Crippen LogP contribution in [0.25, 0.3) is 0 Å². The third kappa shape index (κ3) is 3.14. The lowest BCUT2D eigenvalue weighted by Gasteiger charge is -2.15. The molecule has 2 aromatic rings. The Morgan fingerprint density at radius 2 is 1.81 bits per heavy atom. The first-order valence-electron chi connectivity index (χ1n) is 6.29. The highest BCUT2D eigenvalue weighted by Gasteiger charge is 2.21. The highest BCUT2D eigenvalue weighted by atomic mass is 79.9. The number of aryl methyl sites for hydroxylation is 1. The first-order chi connectivity index (χ1) is 9.85. The third-order valence-corrected chi connectivity index (χ3v) is 4.56. The lowest BCUT2D eigenvalue weighted by molar-refractivity contribution is 0.103. The van der Waals surface area contributed by atoms with Crippen LogP contribution in [0.5, 0.6) is 5.75 Å². The Balaban J connectivity index is 2.68. The summed E-state index contributed by atoms with van der Waals surface area (Å²) >= 11 is 6.85. The van der Waals surface area contributed by atoms with E-state index >= 15 is 0 Å². The topological polar surface area (TPSA) is 52.3 Å². The van der Waals surface area contributed by atoms with Crippen molar-refractivity contribution in [3.8, 4) is 5.75 Å². The van der Waals surface area contributed by atoms with Gasteiger partial charge in [0.1, 0.15) is 5.75 Å². The molecule has 0 aliphatic rings. The van der Waals surface area contributed by atoms with E-state index < -0.39 is 0 Å². The number of methoxy groups -OCH3 is 1. The van der Waals surface area contributed by atoms with Crippen LogP contribution in [-0.2, 0) is 0 Å². The summed E-state index contributed by atoms with van der Waals surface area (Å²) in [5, 5.41) is 0. The van der Waals surface area contributed by atoms with Gasteiger partial charge in [0.15, 0.2) is 5.78 Å². The molecule has 0 saturated heterocycles. The van der Waals surface area contributed by atoms with Crippen LogP contribution in [-0.4, -0.2) is 12.9 Å². The van der Waals surface area contributed by atoms with Gasteiger partial charge in [0.25, 0.3) is 0 Å². The van der Waals surface area contributed by atoms with Gasteiger partial charge >= 0.3 is 0 Å². The number of hydrogen-bond donors (Lipinski definition) is 1. The number of anilines is 1. The average molecular weight is 413 g/mol. The van der Waals surface area contributed by atoms with E-state index in [0.29, 0.717) is 22.6 Å². The van der Waals surface area contributed by atoms with Crippen LogP contribution < -0.4 is 10.5 Å². The molecule has 3 nitrogen and oxygen atoms in total. The van der Waals surface area contributed by atoms with E-state index in [4.69, 9.17) is 10.5 Å². The third-order valence-electron chi connectivity index (χ3n) is 3.28. The van der Waals surface area contributed by atoms with Crippen molar-refractivity contribution in [2.24, 2.45) is 0 Å². The molecule has 0 fully saturated rings. The molecule has 0 aliphatic carbocycles. The van der Waals surface area contributed by atoms with E-state index in [9.17, 15) is 4.79 Å². The number of benzene rings is 2. The molecule has 0 spiro atoms. The summed E-state index contributed by atoms with van der Waals surface area (Å²) in [5.74, 6) is 0.487. The van der Waals surface area contributed by atoms with Crippen LogP contribution in [0.4, 0.5) is 5.69 Å². The Kier molecular flexibility index (Phi) is 4.74. The zero-order chi connectivity index (χ0) is 15.7. The molecule has 0 radical (unpaired) electrons. The molecule has 0 aliphatic heterocycles. The molecule has 0 amide bonds. The number of nitrogen functional groups attached to an aromatic ring is 1. The van der Waals surface area contributed by atoms with Gasteiger partial charge in [0, 0.05) is 20.2 Å². The predicted molar refractivity (Wildman–Crippen MR) is 92.2 cm³/mol. The van der Waals surface area contributed by atoms with Crippen molar-refractivity contribution in [1.29, 1.82) is 0 Å². The molecular weight excluding hydrogens is 398 g/mol. The summed E-state index contributed by atoms with van der Waals surface area (Å²) < 4.78 is 7.08. The summed E-state index contributed by atoms with van der Waals surface area (Å²) in [6.07, 6.45) is 0. The molecule has 0 saturated carbocycles. The van der Waals surface area contributed by atoms with E-state index in [0.717, 1.165) is 20.1 Å². The van der Waals surface area contributed by atoms with Gasteiger partial charge in [-0.15, -0.1) is 0 Å². The maximum atomic E-state index is 12.9. The Morgan fingerprint density at radius 1 is 1.14 bits per heavy atom. The second-order valence-electron chi connectivity index (χ2n) is 4.81. The minimum Gasteiger partial charge on any atom is -0.496 e. The van der Waals surface area contributed by atoms with Crippen LogP contribution in [0.3, 0.4) is 0 Å². The zero-order valence-electron chi connectivity index (χ0n) is 12.0. The lowest BCUT2D eigenvalue weighted by atomic mass is 9.95. The normalized spacial score (nSPS) is 10.5. The molecule has 0 atom stereocenters. The Hall–Kier alpha value is -1.33. The van der Waals surface area contributed by atoms with Gasteiger partial charge in [-0.2, -0.15) is 0 Å². The van der Waals surface area contributed by atoms with Gasteiger partial charge < -0.3 is 10.5 Å². The molecule has 5 heteroatoms. The number of ether oxygens (including phenoxy) is 1. The van der Waals surface area contributed by atoms with Crippen molar-refractivity contribution in [1.82, 2.24) is 0 Å². The zero-order valence-corrected chi connectivity index (χ0v) is 15.1. The highest BCUT2D eigenvalue weighted by molar-refractivity contribution is 9.10. The molecule has 2 N–H and O–H groups in total. The molecule has 2 rings (SSSR count). The fourth-order valence-electron chi connectivity index (χ4n) is 2.27. The van der Waals surface area contributed by atoms with Gasteiger partial charge in [-0.3, -0.25) is 4.79 Å². The molecule has 110 valence electrons. The van der Waals surface area contributed by atoms with Gasteiger partial charge in [0.05, 0.1) is 12.7 Å². The summed E-state index contributed by atoms with van der Waals surface area (Å²) in [6, 6.07) is 7.13. The Bertz CT molecular complexity index is 706. The average Bonchev–Trinajstić information content (AvgIpc) is 2.40. The number of carbonyl (C=O) groups excluding carboxylic acids is 1. The van der Waals surface area contributed by atoms with Crippen LogP contribution in [0, 0.1) is 13.8 Å². The highest BCUT2D eigenvalue weighted by Crippen LogP contribution is 2.34. The summed E-state index contributed by atoms with van der Waals surface area (Å²) in [5.41, 5.74) is 9.20. The van der Waals surface area contributed by atoms with E-state index in [2.05, 4.69) is 31.9 Å². The van der Waals surface area contributed by atoms with E-state index in [1.54, 1.807) is 25.3 Å².